The molecule has 8 nitrogen and oxygen atoms in total. The number of hydrogen-bond acceptors (Lipinski definition) is 8. The van der Waals surface area contributed by atoms with Crippen molar-refractivity contribution in [3.8, 4) is 11.5 Å². The second kappa shape index (κ2) is 18.2. The number of aryl methyl sites for hydroxylation is 2. The number of phenolic OH excluding ortho intramolecular Hbond substituents is 2. The molecule has 0 atom stereocenters. The van der Waals surface area contributed by atoms with Gasteiger partial charge in [0.15, 0.2) is 0 Å². The van der Waals surface area contributed by atoms with Crippen molar-refractivity contribution in [2.24, 2.45) is 0 Å². The number of aromatic hydroxyl groups is 2. The average Bonchev–Trinajstić information content (AvgIpc) is 2.98. The molecule has 0 saturated carbocycles. The van der Waals surface area contributed by atoms with Crippen LogP contribution >= 0.6 is 0 Å². The number of esters is 2. The van der Waals surface area contributed by atoms with E-state index in [4.69, 9.17) is 9.47 Å². The largest absolute Gasteiger partial charge is 0.507 e. The van der Waals surface area contributed by atoms with E-state index in [9.17, 15) is 19.8 Å². The minimum Gasteiger partial charge on any atom is -0.507 e. The first-order chi connectivity index (χ1) is 23.8. The van der Waals surface area contributed by atoms with Crippen LogP contribution in [0.5, 0.6) is 11.5 Å². The fourth-order valence-corrected chi connectivity index (χ4v) is 5.92. The van der Waals surface area contributed by atoms with Crippen LogP contribution in [0.4, 0.5) is 0 Å². The summed E-state index contributed by atoms with van der Waals surface area (Å²) in [7, 11) is 0. The van der Waals surface area contributed by atoms with Crippen LogP contribution in [-0.2, 0) is 53.6 Å². The van der Waals surface area contributed by atoms with Gasteiger partial charge in [0.25, 0.3) is 0 Å². The fourth-order valence-electron chi connectivity index (χ4n) is 5.92. The molecule has 0 aliphatic carbocycles. The van der Waals surface area contributed by atoms with Crippen molar-refractivity contribution >= 4 is 11.9 Å². The Morgan fingerprint density at radius 3 is 1.08 bits per heavy atom. The minimum absolute atomic E-state index is 0.191. The van der Waals surface area contributed by atoms with Gasteiger partial charge in [-0.25, -0.2) is 9.59 Å². The highest BCUT2D eigenvalue weighted by Gasteiger charge is 2.28. The van der Waals surface area contributed by atoms with Crippen molar-refractivity contribution in [3.05, 3.63) is 81.2 Å². The second-order valence-corrected chi connectivity index (χ2v) is 18.1. The quantitative estimate of drug-likeness (QED) is 0.0819. The van der Waals surface area contributed by atoms with Gasteiger partial charge in [-0.1, -0.05) is 107 Å². The van der Waals surface area contributed by atoms with Crippen molar-refractivity contribution in [2.45, 2.75) is 144 Å². The number of phenols is 2. The molecule has 0 aliphatic rings. The molecule has 0 aliphatic heterocycles. The summed E-state index contributed by atoms with van der Waals surface area (Å²) in [4.78, 5) is 24.8. The van der Waals surface area contributed by atoms with Crippen LogP contribution in [0.15, 0.2) is 47.8 Å². The zero-order valence-electron chi connectivity index (χ0n) is 34.6. The van der Waals surface area contributed by atoms with E-state index in [0.29, 0.717) is 62.0 Å². The van der Waals surface area contributed by atoms with Crippen LogP contribution in [-0.4, -0.2) is 48.5 Å². The van der Waals surface area contributed by atoms with E-state index in [-0.39, 0.29) is 21.7 Å². The van der Waals surface area contributed by atoms with Gasteiger partial charge in [-0.2, -0.15) is 0 Å². The second-order valence-electron chi connectivity index (χ2n) is 18.1. The van der Waals surface area contributed by atoms with Gasteiger partial charge in [-0.3, -0.25) is 0 Å². The van der Waals surface area contributed by atoms with Gasteiger partial charge in [0.05, 0.1) is 13.2 Å². The summed E-state index contributed by atoms with van der Waals surface area (Å²) in [5.41, 5.74) is 6.58. The summed E-state index contributed by atoms with van der Waals surface area (Å²) >= 11 is 0. The Morgan fingerprint density at radius 2 is 0.827 bits per heavy atom. The summed E-state index contributed by atoms with van der Waals surface area (Å²) in [6, 6.07) is 8.28. The highest BCUT2D eigenvalue weighted by Crippen LogP contribution is 2.41. The molecule has 0 radical (unpaired) electrons. The van der Waals surface area contributed by atoms with Crippen molar-refractivity contribution in [2.75, 3.05) is 26.3 Å². The Kier molecular flexibility index (Phi) is 15.5. The Balaban J connectivity index is 1.75. The molecule has 2 rings (SSSR count). The molecule has 0 spiro atoms. The number of carbonyl (C=O) groups excluding carboxylic acids is 2. The maximum absolute atomic E-state index is 12.4. The van der Waals surface area contributed by atoms with E-state index in [0.717, 1.165) is 46.2 Å². The molecule has 2 aromatic carbocycles. The van der Waals surface area contributed by atoms with Crippen molar-refractivity contribution in [1.29, 1.82) is 0 Å². The molecular formula is C44H68N2O6. The van der Waals surface area contributed by atoms with Crippen LogP contribution in [0.3, 0.4) is 0 Å². The standard InChI is InChI=1S/C44H68N2O6/c1-29(23-37(47)51-21-15-17-31-25-33(41(3,4)5)39(49)34(26-31)42(6,7)8)45-19-20-46-30(2)24-38(48)52-22-16-18-32-27-35(43(9,10)11)40(50)36(28-32)44(12,13)14/h23-28,45-46,49-50H,15-22H2,1-14H3. The van der Waals surface area contributed by atoms with Crippen molar-refractivity contribution < 1.29 is 29.3 Å². The first-order valence-corrected chi connectivity index (χ1v) is 18.7. The van der Waals surface area contributed by atoms with E-state index in [1.54, 1.807) is 0 Å². The van der Waals surface area contributed by atoms with Crippen molar-refractivity contribution in [3.63, 3.8) is 0 Å². The van der Waals surface area contributed by atoms with Gasteiger partial charge in [-0.05, 0) is 94.6 Å². The summed E-state index contributed by atoms with van der Waals surface area (Å²) < 4.78 is 10.9. The minimum atomic E-state index is -0.400. The molecule has 0 unspecified atom stereocenters. The SMILES string of the molecule is CC(=CC(=O)OCCCc1cc(C(C)(C)C)c(O)c(C(C)(C)C)c1)NCCNC(C)=CC(=O)OCCCc1cc(C(C)(C)C)c(O)c(C(C)(C)C)c1. The molecule has 4 N–H and O–H groups in total. The van der Waals surface area contributed by atoms with E-state index in [1.165, 1.54) is 12.2 Å². The average molecular weight is 721 g/mol. The first kappa shape index (κ1) is 44.2. The molecule has 290 valence electrons. The third kappa shape index (κ3) is 14.2. The lowest BCUT2D eigenvalue weighted by atomic mass is 9.78. The fraction of sp³-hybridized carbons (Fsp3) is 0.591. The van der Waals surface area contributed by atoms with Crippen molar-refractivity contribution in [1.82, 2.24) is 10.6 Å². The number of ether oxygens (including phenoxy) is 2. The summed E-state index contributed by atoms with van der Waals surface area (Å²) in [5, 5.41) is 28.3. The monoisotopic (exact) mass is 721 g/mol. The van der Waals surface area contributed by atoms with Crippen LogP contribution < -0.4 is 10.6 Å². The number of benzene rings is 2. The van der Waals surface area contributed by atoms with Gasteiger partial charge in [0, 0.05) is 36.6 Å². The lowest BCUT2D eigenvalue weighted by molar-refractivity contribution is -0.138. The predicted octanol–water partition coefficient (Wildman–Crippen LogP) is 8.93. The molecular weight excluding hydrogens is 652 g/mol. The normalized spacial score (nSPS) is 13.2. The topological polar surface area (TPSA) is 117 Å². The molecule has 0 fully saturated rings. The van der Waals surface area contributed by atoms with Gasteiger partial charge < -0.3 is 30.3 Å². The van der Waals surface area contributed by atoms with Crippen LogP contribution in [0.1, 0.15) is 143 Å². The molecule has 0 amide bonds. The summed E-state index contributed by atoms with van der Waals surface area (Å²) in [5.74, 6) is -0.0668. The van der Waals surface area contributed by atoms with Gasteiger partial charge in [0.1, 0.15) is 11.5 Å². The molecule has 0 heterocycles. The maximum Gasteiger partial charge on any atom is 0.332 e. The lowest BCUT2D eigenvalue weighted by Crippen LogP contribution is -2.26. The zero-order chi connectivity index (χ0) is 39.7. The molecule has 2 aromatic rings. The summed E-state index contributed by atoms with van der Waals surface area (Å²) in [6.07, 6.45) is 5.73. The predicted molar refractivity (Wildman–Crippen MR) is 213 cm³/mol. The molecule has 0 aromatic heterocycles. The van der Waals surface area contributed by atoms with E-state index >= 15 is 0 Å². The van der Waals surface area contributed by atoms with Gasteiger partial charge >= 0.3 is 11.9 Å². The van der Waals surface area contributed by atoms with E-state index < -0.39 is 11.9 Å². The highest BCUT2D eigenvalue weighted by atomic mass is 16.5. The van der Waals surface area contributed by atoms with Crippen LogP contribution in [0, 0.1) is 0 Å². The smallest absolute Gasteiger partial charge is 0.332 e. The number of nitrogens with one attached hydrogen (secondary N) is 2. The van der Waals surface area contributed by atoms with E-state index in [1.807, 2.05) is 13.8 Å². The number of allylic oxidation sites excluding steroid dienone is 2. The third-order valence-electron chi connectivity index (χ3n) is 8.88. The number of carbonyl (C=O) groups is 2. The Morgan fingerprint density at radius 1 is 0.558 bits per heavy atom. The molecule has 52 heavy (non-hydrogen) atoms. The zero-order valence-corrected chi connectivity index (χ0v) is 34.6. The third-order valence-corrected chi connectivity index (χ3v) is 8.88. The number of hydrogen-bond donors (Lipinski definition) is 4. The first-order valence-electron chi connectivity index (χ1n) is 18.7. The summed E-state index contributed by atoms with van der Waals surface area (Å²) in [6.45, 7) is 30.5. The van der Waals surface area contributed by atoms with Gasteiger partial charge in [-0.15, -0.1) is 0 Å². The molecule has 0 saturated heterocycles. The Labute approximate surface area is 314 Å². The molecule has 0 bridgehead atoms. The van der Waals surface area contributed by atoms with Gasteiger partial charge in [0.2, 0.25) is 0 Å². The maximum atomic E-state index is 12.4. The van der Waals surface area contributed by atoms with E-state index in [2.05, 4.69) is 118 Å². The Hall–Kier alpha value is -3.94. The Bertz CT molecular complexity index is 1400. The van der Waals surface area contributed by atoms with Crippen LogP contribution in [0.2, 0.25) is 0 Å². The van der Waals surface area contributed by atoms with Crippen LogP contribution in [0.25, 0.3) is 0 Å². The number of rotatable bonds is 15. The lowest BCUT2D eigenvalue weighted by Gasteiger charge is -2.28. The highest BCUT2D eigenvalue weighted by molar-refractivity contribution is 5.83. The molecule has 8 heteroatoms.